The molecule has 0 radical (unpaired) electrons. The van der Waals surface area contributed by atoms with Crippen LogP contribution in [-0.4, -0.2) is 12.5 Å². The van der Waals surface area contributed by atoms with E-state index in [1.807, 2.05) is 50.2 Å². The zero-order chi connectivity index (χ0) is 18.5. The minimum absolute atomic E-state index is 0. The van der Waals surface area contributed by atoms with Crippen LogP contribution < -0.4 is 15.8 Å². The minimum Gasteiger partial charge on any atom is -0.486 e. The Kier molecular flexibility index (Phi) is 7.69. The van der Waals surface area contributed by atoms with Crippen molar-refractivity contribution in [3.05, 3.63) is 59.7 Å². The Bertz CT molecular complexity index is 751. The van der Waals surface area contributed by atoms with Crippen LogP contribution in [-0.2, 0) is 4.79 Å². The highest BCUT2D eigenvalue weighted by molar-refractivity contribution is 5.93. The number of nitrogens with one attached hydrogen (secondary N) is 1. The van der Waals surface area contributed by atoms with Gasteiger partial charge < -0.3 is 15.8 Å². The maximum atomic E-state index is 12.6. The number of rotatable bonds is 6. The van der Waals surface area contributed by atoms with Gasteiger partial charge in [0.2, 0.25) is 5.91 Å². The van der Waals surface area contributed by atoms with Gasteiger partial charge >= 0.3 is 0 Å². The summed E-state index contributed by atoms with van der Waals surface area (Å²) in [5, 5.41) is 3.08. The summed E-state index contributed by atoms with van der Waals surface area (Å²) in [6.07, 6.45) is 3.04. The molecule has 1 saturated carbocycles. The van der Waals surface area contributed by atoms with E-state index in [-0.39, 0.29) is 30.3 Å². The molecule has 1 amide bonds. The molecular formula is C22H29ClN2O2. The molecule has 146 valence electrons. The first-order chi connectivity index (χ1) is 12.6. The number of amides is 1. The average molecular weight is 389 g/mol. The molecule has 3 atom stereocenters. The minimum atomic E-state index is -0.0279. The molecule has 1 aliphatic carbocycles. The predicted molar refractivity (Wildman–Crippen MR) is 112 cm³/mol. The van der Waals surface area contributed by atoms with Crippen molar-refractivity contribution in [3.63, 3.8) is 0 Å². The number of halogens is 1. The number of benzene rings is 2. The van der Waals surface area contributed by atoms with E-state index in [1.165, 1.54) is 0 Å². The second-order valence-electron chi connectivity index (χ2n) is 7.17. The average Bonchev–Trinajstić information content (AvgIpc) is 3.13. The molecule has 2 aromatic carbocycles. The molecule has 0 heterocycles. The van der Waals surface area contributed by atoms with Gasteiger partial charge in [0.05, 0.1) is 0 Å². The maximum Gasteiger partial charge on any atom is 0.227 e. The summed E-state index contributed by atoms with van der Waals surface area (Å²) < 4.78 is 6.05. The number of carbonyl (C=O) groups is 1. The second kappa shape index (κ2) is 9.77. The molecule has 1 aliphatic rings. The molecule has 5 heteroatoms. The van der Waals surface area contributed by atoms with Gasteiger partial charge in [-0.1, -0.05) is 36.8 Å². The Morgan fingerprint density at radius 3 is 2.63 bits per heavy atom. The highest BCUT2D eigenvalue weighted by Gasteiger charge is 2.32. The molecule has 3 N–H and O–H groups in total. The highest BCUT2D eigenvalue weighted by Crippen LogP contribution is 2.33. The molecule has 2 aromatic rings. The standard InChI is InChI=1S/C22H28N2O2.ClH/c1-15-13-19(26-16(2)17-7-4-3-5-8-17)11-12-21(15)24-22(25)20-10-6-9-18(20)14-23;/h3-5,7-8,11-13,16,18,20H,6,9-10,14,23H2,1-2H3,(H,24,25);1H/t16?,18-,20-;/m1./s1. The molecule has 27 heavy (non-hydrogen) atoms. The molecular weight excluding hydrogens is 360 g/mol. The van der Waals surface area contributed by atoms with Crippen molar-refractivity contribution in [1.29, 1.82) is 0 Å². The van der Waals surface area contributed by atoms with Gasteiger partial charge in [-0.3, -0.25) is 4.79 Å². The Balaban J connectivity index is 0.00000261. The lowest BCUT2D eigenvalue weighted by atomic mass is 9.95. The Labute approximate surface area is 167 Å². The third-order valence-corrected chi connectivity index (χ3v) is 5.34. The van der Waals surface area contributed by atoms with Crippen molar-refractivity contribution in [1.82, 2.24) is 0 Å². The molecule has 3 rings (SSSR count). The van der Waals surface area contributed by atoms with Gasteiger partial charge in [-0.05, 0) is 68.5 Å². The summed E-state index contributed by atoms with van der Waals surface area (Å²) in [5.41, 5.74) is 8.78. The number of nitrogens with two attached hydrogens (primary N) is 1. The summed E-state index contributed by atoms with van der Waals surface area (Å²) in [6, 6.07) is 15.9. The van der Waals surface area contributed by atoms with Crippen LogP contribution in [0.15, 0.2) is 48.5 Å². The molecule has 1 unspecified atom stereocenters. The van der Waals surface area contributed by atoms with Crippen molar-refractivity contribution in [2.75, 3.05) is 11.9 Å². The van der Waals surface area contributed by atoms with E-state index in [0.29, 0.717) is 12.5 Å². The smallest absolute Gasteiger partial charge is 0.227 e. The number of hydrogen-bond acceptors (Lipinski definition) is 3. The summed E-state index contributed by atoms with van der Waals surface area (Å²) in [5.74, 6) is 1.24. The van der Waals surface area contributed by atoms with Crippen molar-refractivity contribution in [3.8, 4) is 5.75 Å². The van der Waals surface area contributed by atoms with E-state index >= 15 is 0 Å². The van der Waals surface area contributed by atoms with Crippen molar-refractivity contribution in [2.45, 2.75) is 39.2 Å². The largest absolute Gasteiger partial charge is 0.486 e. The zero-order valence-electron chi connectivity index (χ0n) is 16.0. The Hall–Kier alpha value is -2.04. The Morgan fingerprint density at radius 1 is 1.22 bits per heavy atom. The van der Waals surface area contributed by atoms with Gasteiger partial charge in [-0.25, -0.2) is 0 Å². The van der Waals surface area contributed by atoms with Gasteiger partial charge in [0.25, 0.3) is 0 Å². The maximum absolute atomic E-state index is 12.6. The Morgan fingerprint density at radius 2 is 1.96 bits per heavy atom. The molecule has 4 nitrogen and oxygen atoms in total. The van der Waals surface area contributed by atoms with Crippen LogP contribution >= 0.6 is 12.4 Å². The van der Waals surface area contributed by atoms with E-state index < -0.39 is 0 Å². The van der Waals surface area contributed by atoms with E-state index in [4.69, 9.17) is 10.5 Å². The fourth-order valence-corrected chi connectivity index (χ4v) is 3.74. The monoisotopic (exact) mass is 388 g/mol. The number of carbonyl (C=O) groups excluding carboxylic acids is 1. The van der Waals surface area contributed by atoms with Crippen LogP contribution in [0.5, 0.6) is 5.75 Å². The van der Waals surface area contributed by atoms with E-state index in [0.717, 1.165) is 41.8 Å². The zero-order valence-corrected chi connectivity index (χ0v) is 16.8. The van der Waals surface area contributed by atoms with Gasteiger partial charge in [0.1, 0.15) is 11.9 Å². The molecule has 0 aliphatic heterocycles. The molecule has 0 saturated heterocycles. The molecule has 1 fully saturated rings. The van der Waals surface area contributed by atoms with Crippen molar-refractivity contribution < 1.29 is 9.53 Å². The first-order valence-electron chi connectivity index (χ1n) is 9.41. The molecule has 0 aromatic heterocycles. The number of anilines is 1. The lowest BCUT2D eigenvalue weighted by Crippen LogP contribution is -2.29. The van der Waals surface area contributed by atoms with E-state index in [1.54, 1.807) is 0 Å². The first-order valence-corrected chi connectivity index (χ1v) is 9.41. The first kappa shape index (κ1) is 21.3. The number of ether oxygens (including phenoxy) is 1. The van der Waals surface area contributed by atoms with Crippen LogP contribution in [0, 0.1) is 18.8 Å². The predicted octanol–water partition coefficient (Wildman–Crippen LogP) is 4.87. The second-order valence-corrected chi connectivity index (χ2v) is 7.17. The quantitative estimate of drug-likeness (QED) is 0.741. The SMILES string of the molecule is Cc1cc(OC(C)c2ccccc2)ccc1NC(=O)[C@@H]1CCC[C@@H]1CN.Cl. The van der Waals surface area contributed by atoms with Crippen LogP contribution in [0.1, 0.15) is 43.4 Å². The lowest BCUT2D eigenvalue weighted by Gasteiger charge is -2.19. The molecule has 0 bridgehead atoms. The summed E-state index contributed by atoms with van der Waals surface area (Å²) in [7, 11) is 0. The molecule has 0 spiro atoms. The topological polar surface area (TPSA) is 64.3 Å². The lowest BCUT2D eigenvalue weighted by molar-refractivity contribution is -0.120. The van der Waals surface area contributed by atoms with E-state index in [2.05, 4.69) is 17.4 Å². The van der Waals surface area contributed by atoms with Gasteiger partial charge in [-0.15, -0.1) is 12.4 Å². The fraction of sp³-hybridized carbons (Fsp3) is 0.409. The normalized spacial score (nSPS) is 19.8. The third kappa shape index (κ3) is 5.24. The van der Waals surface area contributed by atoms with Crippen LogP contribution in [0.4, 0.5) is 5.69 Å². The van der Waals surface area contributed by atoms with Crippen LogP contribution in [0.3, 0.4) is 0 Å². The van der Waals surface area contributed by atoms with Crippen molar-refractivity contribution in [2.24, 2.45) is 17.6 Å². The fourth-order valence-electron chi connectivity index (χ4n) is 3.74. The van der Waals surface area contributed by atoms with E-state index in [9.17, 15) is 4.79 Å². The summed E-state index contributed by atoms with van der Waals surface area (Å²) in [6.45, 7) is 4.61. The highest BCUT2D eigenvalue weighted by atomic mass is 35.5. The number of aryl methyl sites for hydroxylation is 1. The van der Waals surface area contributed by atoms with Crippen LogP contribution in [0.25, 0.3) is 0 Å². The number of hydrogen-bond donors (Lipinski definition) is 2. The summed E-state index contributed by atoms with van der Waals surface area (Å²) >= 11 is 0. The summed E-state index contributed by atoms with van der Waals surface area (Å²) in [4.78, 5) is 12.6. The van der Waals surface area contributed by atoms with Crippen molar-refractivity contribution >= 4 is 24.0 Å². The van der Waals surface area contributed by atoms with Gasteiger partial charge in [0, 0.05) is 11.6 Å². The van der Waals surface area contributed by atoms with Gasteiger partial charge in [0.15, 0.2) is 0 Å². The van der Waals surface area contributed by atoms with Crippen LogP contribution in [0.2, 0.25) is 0 Å². The van der Waals surface area contributed by atoms with Gasteiger partial charge in [-0.2, -0.15) is 0 Å². The third-order valence-electron chi connectivity index (χ3n) is 5.34.